The molecule has 1 amide bonds. The van der Waals surface area contributed by atoms with Crippen molar-refractivity contribution in [3.63, 3.8) is 0 Å². The molecule has 0 bridgehead atoms. The van der Waals surface area contributed by atoms with Crippen LogP contribution in [0.4, 0.5) is 5.69 Å². The first-order valence-electron chi connectivity index (χ1n) is 9.82. The summed E-state index contributed by atoms with van der Waals surface area (Å²) in [5.41, 5.74) is 2.94. The summed E-state index contributed by atoms with van der Waals surface area (Å²) in [6, 6.07) is 15.0. The van der Waals surface area contributed by atoms with Crippen LogP contribution in [0.15, 0.2) is 48.5 Å². The van der Waals surface area contributed by atoms with Crippen molar-refractivity contribution < 1.29 is 17.9 Å². The summed E-state index contributed by atoms with van der Waals surface area (Å²) in [5, 5.41) is 0. The van der Waals surface area contributed by atoms with Crippen molar-refractivity contribution >= 4 is 21.4 Å². The topological polar surface area (TPSA) is 66.9 Å². The van der Waals surface area contributed by atoms with E-state index in [0.717, 1.165) is 29.0 Å². The molecule has 2 fully saturated rings. The molecule has 2 aliphatic heterocycles. The molecule has 2 heterocycles. The van der Waals surface area contributed by atoms with E-state index in [1.807, 2.05) is 60.4 Å². The van der Waals surface area contributed by atoms with E-state index in [9.17, 15) is 13.2 Å². The average molecular weight is 415 g/mol. The number of rotatable bonds is 5. The highest BCUT2D eigenvalue weighted by atomic mass is 32.2. The molecule has 154 valence electrons. The third-order valence-corrected chi connectivity index (χ3v) is 7.50. The van der Waals surface area contributed by atoms with Crippen molar-refractivity contribution in [1.29, 1.82) is 0 Å². The fourth-order valence-corrected chi connectivity index (χ4v) is 6.40. The molecule has 7 heteroatoms. The largest absolute Gasteiger partial charge is 0.497 e. The summed E-state index contributed by atoms with van der Waals surface area (Å²) in [5.74, 6) is 0.877. The lowest BCUT2D eigenvalue weighted by molar-refractivity contribution is -0.123. The monoisotopic (exact) mass is 414 g/mol. The molecule has 0 N–H and O–H groups in total. The number of benzene rings is 2. The molecule has 2 atom stereocenters. The van der Waals surface area contributed by atoms with Crippen molar-refractivity contribution in [3.05, 3.63) is 59.7 Å². The zero-order valence-corrected chi connectivity index (χ0v) is 17.6. The van der Waals surface area contributed by atoms with Gasteiger partial charge in [0, 0.05) is 18.3 Å². The van der Waals surface area contributed by atoms with Crippen LogP contribution in [0, 0.1) is 6.92 Å². The number of anilines is 1. The second-order valence-electron chi connectivity index (χ2n) is 7.89. The summed E-state index contributed by atoms with van der Waals surface area (Å²) in [7, 11) is -1.55. The van der Waals surface area contributed by atoms with Gasteiger partial charge in [0.15, 0.2) is 9.84 Å². The van der Waals surface area contributed by atoms with Gasteiger partial charge in [-0.2, -0.15) is 0 Å². The molecule has 29 heavy (non-hydrogen) atoms. The molecule has 6 nitrogen and oxygen atoms in total. The number of hydrogen-bond acceptors (Lipinski definition) is 5. The van der Waals surface area contributed by atoms with Gasteiger partial charge in [0.05, 0.1) is 31.2 Å². The molecule has 2 aliphatic rings. The number of methoxy groups -OCH3 is 1. The van der Waals surface area contributed by atoms with Gasteiger partial charge in [-0.05, 0) is 48.7 Å². The lowest BCUT2D eigenvalue weighted by Crippen LogP contribution is -2.62. The number of fused-ring (bicyclic) bond motifs is 1. The lowest BCUT2D eigenvalue weighted by Gasteiger charge is -2.43. The van der Waals surface area contributed by atoms with Crippen LogP contribution in [0.1, 0.15) is 11.1 Å². The highest BCUT2D eigenvalue weighted by molar-refractivity contribution is 7.91. The maximum atomic E-state index is 13.1. The minimum absolute atomic E-state index is 0.0208. The van der Waals surface area contributed by atoms with Crippen molar-refractivity contribution in [3.8, 4) is 5.75 Å². The molecular weight excluding hydrogens is 388 g/mol. The van der Waals surface area contributed by atoms with Crippen LogP contribution < -0.4 is 9.64 Å². The number of piperazine rings is 1. The van der Waals surface area contributed by atoms with Gasteiger partial charge in [0.25, 0.3) is 0 Å². The third-order valence-electron chi connectivity index (χ3n) is 5.80. The Kier molecular flexibility index (Phi) is 5.36. The summed E-state index contributed by atoms with van der Waals surface area (Å²) in [6.07, 6.45) is 0.734. The minimum atomic E-state index is -3.19. The van der Waals surface area contributed by atoms with Gasteiger partial charge in [-0.15, -0.1) is 0 Å². The summed E-state index contributed by atoms with van der Waals surface area (Å²) < 4.78 is 30.2. The van der Waals surface area contributed by atoms with E-state index in [1.165, 1.54) is 0 Å². The second-order valence-corrected chi connectivity index (χ2v) is 10.0. The number of ether oxygens (including phenoxy) is 1. The standard InChI is InChI=1S/C22H26N2O4S/c1-16-5-3-7-18(11-16)24-21-15-29(26,27)14-20(21)23(13-22(24)25)10-9-17-6-4-8-19(12-17)28-2/h3-8,11-12,20-21H,9-10,13-15H2,1-2H3. The zero-order valence-electron chi connectivity index (χ0n) is 16.7. The number of aryl methyl sites for hydroxylation is 1. The van der Waals surface area contributed by atoms with Crippen molar-refractivity contribution in [1.82, 2.24) is 4.90 Å². The Morgan fingerprint density at radius 2 is 1.83 bits per heavy atom. The fourth-order valence-electron chi connectivity index (χ4n) is 4.42. The smallest absolute Gasteiger partial charge is 0.241 e. The Morgan fingerprint density at radius 1 is 1.07 bits per heavy atom. The van der Waals surface area contributed by atoms with Crippen LogP contribution in [-0.2, 0) is 21.1 Å². The highest BCUT2D eigenvalue weighted by Gasteiger charge is 2.49. The van der Waals surface area contributed by atoms with Crippen LogP contribution in [0.2, 0.25) is 0 Å². The first-order chi connectivity index (χ1) is 13.9. The van der Waals surface area contributed by atoms with Gasteiger partial charge >= 0.3 is 0 Å². The fraction of sp³-hybridized carbons (Fsp3) is 0.409. The van der Waals surface area contributed by atoms with Crippen LogP contribution in [0.25, 0.3) is 0 Å². The normalized spacial score (nSPS) is 23.8. The van der Waals surface area contributed by atoms with E-state index in [-0.39, 0.29) is 36.0 Å². The first kappa shape index (κ1) is 19.9. The summed E-state index contributed by atoms with van der Waals surface area (Å²) in [4.78, 5) is 16.8. The van der Waals surface area contributed by atoms with E-state index in [2.05, 4.69) is 0 Å². The van der Waals surface area contributed by atoms with Crippen LogP contribution >= 0.6 is 0 Å². The average Bonchev–Trinajstić information content (AvgIpc) is 3.01. The Hall–Kier alpha value is -2.38. The number of amides is 1. The van der Waals surface area contributed by atoms with Crippen LogP contribution in [-0.4, -0.2) is 63.0 Å². The number of carbonyl (C=O) groups excluding carboxylic acids is 1. The number of carbonyl (C=O) groups is 1. The molecule has 2 unspecified atom stereocenters. The molecule has 0 radical (unpaired) electrons. The second kappa shape index (κ2) is 7.80. The Balaban J connectivity index is 1.57. The Morgan fingerprint density at radius 3 is 2.59 bits per heavy atom. The lowest BCUT2D eigenvalue weighted by atomic mass is 10.0. The molecule has 0 saturated carbocycles. The zero-order chi connectivity index (χ0) is 20.6. The van der Waals surface area contributed by atoms with Crippen molar-refractivity contribution in [2.45, 2.75) is 25.4 Å². The highest BCUT2D eigenvalue weighted by Crippen LogP contribution is 2.32. The van der Waals surface area contributed by atoms with Crippen molar-refractivity contribution in [2.24, 2.45) is 0 Å². The molecule has 2 aromatic carbocycles. The predicted octanol–water partition coefficient (Wildman–Crippen LogP) is 2.06. The SMILES string of the molecule is COc1cccc(CCN2CC(=O)N(c3cccc(C)c3)C3CS(=O)(=O)CC32)c1. The van der Waals surface area contributed by atoms with Gasteiger partial charge in [0.1, 0.15) is 5.75 Å². The van der Waals surface area contributed by atoms with Crippen LogP contribution in [0.5, 0.6) is 5.75 Å². The predicted molar refractivity (Wildman–Crippen MR) is 113 cm³/mol. The number of nitrogens with zero attached hydrogens (tertiary/aromatic N) is 2. The van der Waals surface area contributed by atoms with Gasteiger partial charge in [0.2, 0.25) is 5.91 Å². The van der Waals surface area contributed by atoms with Crippen molar-refractivity contribution in [2.75, 3.05) is 36.6 Å². The number of hydrogen-bond donors (Lipinski definition) is 0. The van der Waals surface area contributed by atoms with E-state index in [4.69, 9.17) is 4.74 Å². The van der Waals surface area contributed by atoms with Crippen LogP contribution in [0.3, 0.4) is 0 Å². The molecule has 0 aromatic heterocycles. The third kappa shape index (κ3) is 4.16. The van der Waals surface area contributed by atoms with E-state index >= 15 is 0 Å². The molecule has 0 spiro atoms. The van der Waals surface area contributed by atoms with Gasteiger partial charge in [-0.3, -0.25) is 9.69 Å². The Bertz CT molecular complexity index is 1020. The van der Waals surface area contributed by atoms with Gasteiger partial charge in [-0.25, -0.2) is 8.42 Å². The van der Waals surface area contributed by atoms with E-state index in [0.29, 0.717) is 6.54 Å². The molecule has 2 aromatic rings. The molecule has 2 saturated heterocycles. The van der Waals surface area contributed by atoms with E-state index < -0.39 is 9.84 Å². The van der Waals surface area contributed by atoms with E-state index in [1.54, 1.807) is 12.0 Å². The van der Waals surface area contributed by atoms with Gasteiger partial charge in [-0.1, -0.05) is 24.3 Å². The molecular formula is C22H26N2O4S. The minimum Gasteiger partial charge on any atom is -0.497 e. The quantitative estimate of drug-likeness (QED) is 0.749. The molecule has 0 aliphatic carbocycles. The maximum Gasteiger partial charge on any atom is 0.241 e. The number of sulfone groups is 1. The Labute approximate surface area is 172 Å². The molecule has 4 rings (SSSR count). The summed E-state index contributed by atoms with van der Waals surface area (Å²) in [6.45, 7) is 2.84. The maximum absolute atomic E-state index is 13.1. The van der Waals surface area contributed by atoms with Gasteiger partial charge < -0.3 is 9.64 Å². The summed E-state index contributed by atoms with van der Waals surface area (Å²) >= 11 is 0. The first-order valence-corrected chi connectivity index (χ1v) is 11.6.